The number of thiophene rings is 1. The molecule has 2 heterocycles. The molecule has 4 heteroatoms. The average Bonchev–Trinajstić information content (AvgIpc) is 2.78. The maximum atomic E-state index is 3.90. The van der Waals surface area contributed by atoms with Gasteiger partial charge in [0.15, 0.2) is 0 Å². The van der Waals surface area contributed by atoms with Crippen LogP contribution in [0.4, 0.5) is 0 Å². The standard InChI is InChI=1S/C16H25BrN2S/c1-13-5-9-18-16(7-3-2-4-8-16)12-19(13)11-15-14(17)6-10-20-15/h6,10,13,18H,2-5,7-9,11-12H2,1H3. The number of halogens is 1. The molecule has 3 rings (SSSR count). The van der Waals surface area contributed by atoms with E-state index in [9.17, 15) is 0 Å². The summed E-state index contributed by atoms with van der Waals surface area (Å²) in [7, 11) is 0. The molecule has 2 aliphatic rings. The molecular formula is C16H25BrN2S. The first-order valence-electron chi connectivity index (χ1n) is 7.89. The lowest BCUT2D eigenvalue weighted by molar-refractivity contribution is 0.132. The van der Waals surface area contributed by atoms with Gasteiger partial charge in [-0.1, -0.05) is 19.3 Å². The van der Waals surface area contributed by atoms with E-state index in [1.807, 2.05) is 11.3 Å². The van der Waals surface area contributed by atoms with Crippen LogP contribution in [0.3, 0.4) is 0 Å². The van der Waals surface area contributed by atoms with Crippen LogP contribution >= 0.6 is 27.3 Å². The second-order valence-electron chi connectivity index (χ2n) is 6.50. The fourth-order valence-electron chi connectivity index (χ4n) is 3.73. The first-order valence-corrected chi connectivity index (χ1v) is 9.57. The van der Waals surface area contributed by atoms with E-state index in [4.69, 9.17) is 0 Å². The number of hydrogen-bond acceptors (Lipinski definition) is 3. The quantitative estimate of drug-likeness (QED) is 0.844. The molecule has 1 spiro atoms. The first kappa shape index (κ1) is 15.0. The lowest BCUT2D eigenvalue weighted by Crippen LogP contribution is -2.53. The van der Waals surface area contributed by atoms with E-state index in [0.29, 0.717) is 11.6 Å². The molecular weight excluding hydrogens is 332 g/mol. The van der Waals surface area contributed by atoms with Gasteiger partial charge in [-0.05, 0) is 60.1 Å². The van der Waals surface area contributed by atoms with Crippen molar-refractivity contribution in [2.45, 2.75) is 63.6 Å². The van der Waals surface area contributed by atoms with Crippen molar-refractivity contribution in [2.75, 3.05) is 13.1 Å². The summed E-state index contributed by atoms with van der Waals surface area (Å²) in [6.45, 7) is 5.90. The zero-order valence-electron chi connectivity index (χ0n) is 12.3. The Morgan fingerprint density at radius 2 is 2.20 bits per heavy atom. The molecule has 0 aromatic carbocycles. The van der Waals surface area contributed by atoms with Crippen LogP contribution in [-0.4, -0.2) is 29.6 Å². The highest BCUT2D eigenvalue weighted by atomic mass is 79.9. The molecule has 0 radical (unpaired) electrons. The zero-order chi connectivity index (χ0) is 14.0. The van der Waals surface area contributed by atoms with Gasteiger partial charge in [0, 0.05) is 34.0 Å². The molecule has 1 atom stereocenters. The Morgan fingerprint density at radius 1 is 1.40 bits per heavy atom. The summed E-state index contributed by atoms with van der Waals surface area (Å²) in [4.78, 5) is 4.19. The van der Waals surface area contributed by atoms with Gasteiger partial charge >= 0.3 is 0 Å². The van der Waals surface area contributed by atoms with Crippen molar-refractivity contribution in [3.05, 3.63) is 20.8 Å². The number of hydrogen-bond donors (Lipinski definition) is 1. The van der Waals surface area contributed by atoms with Crippen LogP contribution in [0.25, 0.3) is 0 Å². The molecule has 0 amide bonds. The molecule has 20 heavy (non-hydrogen) atoms. The van der Waals surface area contributed by atoms with E-state index in [2.05, 4.69) is 44.5 Å². The number of nitrogens with zero attached hydrogens (tertiary/aromatic N) is 1. The molecule has 1 aliphatic carbocycles. The van der Waals surface area contributed by atoms with Crippen LogP contribution in [0.5, 0.6) is 0 Å². The fourth-order valence-corrected chi connectivity index (χ4v) is 5.23. The van der Waals surface area contributed by atoms with Crippen LogP contribution in [-0.2, 0) is 6.54 Å². The second-order valence-corrected chi connectivity index (χ2v) is 8.36. The lowest BCUT2D eigenvalue weighted by atomic mass is 9.81. The van der Waals surface area contributed by atoms with Gasteiger partial charge in [0.1, 0.15) is 0 Å². The van der Waals surface area contributed by atoms with Gasteiger partial charge in [-0.2, -0.15) is 0 Å². The number of rotatable bonds is 2. The Bertz CT molecular complexity index is 439. The smallest absolute Gasteiger partial charge is 0.0342 e. The molecule has 1 unspecified atom stereocenters. The van der Waals surface area contributed by atoms with Crippen molar-refractivity contribution in [2.24, 2.45) is 0 Å². The Balaban J connectivity index is 1.74. The van der Waals surface area contributed by atoms with Gasteiger partial charge in [-0.25, -0.2) is 0 Å². The minimum absolute atomic E-state index is 0.396. The first-order chi connectivity index (χ1) is 9.69. The van der Waals surface area contributed by atoms with Gasteiger partial charge in [0.25, 0.3) is 0 Å². The van der Waals surface area contributed by atoms with Crippen molar-refractivity contribution in [1.82, 2.24) is 10.2 Å². The fraction of sp³-hybridized carbons (Fsp3) is 0.750. The maximum Gasteiger partial charge on any atom is 0.0342 e. The topological polar surface area (TPSA) is 15.3 Å². The third-order valence-corrected chi connectivity index (χ3v) is 6.95. The predicted octanol–water partition coefficient (Wildman–Crippen LogP) is 4.40. The monoisotopic (exact) mass is 356 g/mol. The molecule has 2 fully saturated rings. The molecule has 0 bridgehead atoms. The molecule has 1 aliphatic heterocycles. The van der Waals surface area contributed by atoms with E-state index in [1.54, 1.807) is 0 Å². The highest BCUT2D eigenvalue weighted by Gasteiger charge is 2.36. The van der Waals surface area contributed by atoms with Gasteiger partial charge in [0.2, 0.25) is 0 Å². The van der Waals surface area contributed by atoms with E-state index in [1.165, 1.54) is 61.0 Å². The molecule has 1 saturated carbocycles. The SMILES string of the molecule is CC1CCNC2(CCCCC2)CN1Cc1sccc1Br. The van der Waals surface area contributed by atoms with Crippen LogP contribution in [0.1, 0.15) is 50.3 Å². The van der Waals surface area contributed by atoms with Crippen molar-refractivity contribution >= 4 is 27.3 Å². The molecule has 1 saturated heterocycles. The van der Waals surface area contributed by atoms with Crippen LogP contribution in [0, 0.1) is 0 Å². The average molecular weight is 357 g/mol. The zero-order valence-corrected chi connectivity index (χ0v) is 14.7. The van der Waals surface area contributed by atoms with Crippen molar-refractivity contribution < 1.29 is 0 Å². The predicted molar refractivity (Wildman–Crippen MR) is 90.3 cm³/mol. The highest BCUT2D eigenvalue weighted by Crippen LogP contribution is 2.33. The van der Waals surface area contributed by atoms with Crippen molar-refractivity contribution in [1.29, 1.82) is 0 Å². The lowest BCUT2D eigenvalue weighted by Gasteiger charge is -2.41. The van der Waals surface area contributed by atoms with Gasteiger partial charge in [0.05, 0.1) is 0 Å². The van der Waals surface area contributed by atoms with Crippen LogP contribution in [0.2, 0.25) is 0 Å². The third kappa shape index (κ3) is 3.29. The Kier molecular flexibility index (Phi) is 4.86. The van der Waals surface area contributed by atoms with Gasteiger partial charge in [-0.15, -0.1) is 11.3 Å². The normalized spacial score (nSPS) is 27.6. The third-order valence-electron chi connectivity index (χ3n) is 5.04. The number of nitrogens with one attached hydrogen (secondary N) is 1. The Morgan fingerprint density at radius 3 is 2.90 bits per heavy atom. The van der Waals surface area contributed by atoms with E-state index in [-0.39, 0.29) is 0 Å². The molecule has 2 nitrogen and oxygen atoms in total. The maximum absolute atomic E-state index is 3.90. The summed E-state index contributed by atoms with van der Waals surface area (Å²) >= 11 is 5.57. The second kappa shape index (κ2) is 6.47. The largest absolute Gasteiger partial charge is 0.310 e. The molecule has 112 valence electrons. The van der Waals surface area contributed by atoms with Crippen molar-refractivity contribution in [3.8, 4) is 0 Å². The molecule has 1 aromatic heterocycles. The highest BCUT2D eigenvalue weighted by molar-refractivity contribution is 9.10. The molecule has 1 aromatic rings. The molecule has 1 N–H and O–H groups in total. The Hall–Kier alpha value is 0.100. The Labute approximate surface area is 135 Å². The van der Waals surface area contributed by atoms with E-state index in [0.717, 1.165) is 6.54 Å². The van der Waals surface area contributed by atoms with Gasteiger partial charge in [-0.3, -0.25) is 4.90 Å². The van der Waals surface area contributed by atoms with Crippen molar-refractivity contribution in [3.63, 3.8) is 0 Å². The summed E-state index contributed by atoms with van der Waals surface area (Å²) in [6.07, 6.45) is 8.22. The van der Waals surface area contributed by atoms with Crippen LogP contribution < -0.4 is 5.32 Å². The van der Waals surface area contributed by atoms with Gasteiger partial charge < -0.3 is 5.32 Å². The minimum Gasteiger partial charge on any atom is -0.310 e. The summed E-state index contributed by atoms with van der Waals surface area (Å²) in [5.41, 5.74) is 0.396. The minimum atomic E-state index is 0.396. The van der Waals surface area contributed by atoms with E-state index >= 15 is 0 Å². The van der Waals surface area contributed by atoms with Crippen LogP contribution in [0.15, 0.2) is 15.9 Å². The summed E-state index contributed by atoms with van der Waals surface area (Å²) in [6, 6.07) is 2.86. The summed E-state index contributed by atoms with van der Waals surface area (Å²) < 4.78 is 1.28. The summed E-state index contributed by atoms with van der Waals surface area (Å²) in [5, 5.41) is 6.09. The van der Waals surface area contributed by atoms with E-state index < -0.39 is 0 Å². The summed E-state index contributed by atoms with van der Waals surface area (Å²) in [5.74, 6) is 0.